The summed E-state index contributed by atoms with van der Waals surface area (Å²) in [5, 5.41) is 16.8. The third-order valence-electron chi connectivity index (χ3n) is 5.48. The number of nitrogens with zero attached hydrogens (tertiary/aromatic N) is 2. The fourth-order valence-electron chi connectivity index (χ4n) is 4.14. The van der Waals surface area contributed by atoms with Crippen molar-refractivity contribution in [2.45, 2.75) is 76.8 Å². The van der Waals surface area contributed by atoms with E-state index in [1.807, 2.05) is 17.7 Å². The standard InChI is InChI=1S/C18H27N3O3/c1-12-11-16(20-21(12)13-7-3-2-4-8-13)17(22)19-15-10-6-5-9-14(15)18(23)24/h11,13-15H,2-10H2,1H3,(H,19,22)(H,23,24)/t14-,15+/m0/s1. The Balaban J connectivity index is 1.69. The summed E-state index contributed by atoms with van der Waals surface area (Å²) in [6, 6.07) is 1.92. The van der Waals surface area contributed by atoms with Gasteiger partial charge in [-0.25, -0.2) is 0 Å². The van der Waals surface area contributed by atoms with Gasteiger partial charge < -0.3 is 10.4 Å². The first kappa shape index (κ1) is 17.0. The number of aliphatic carboxylic acids is 1. The molecule has 3 rings (SSSR count). The molecule has 132 valence electrons. The second-order valence-electron chi connectivity index (χ2n) is 7.22. The Morgan fingerprint density at radius 3 is 2.50 bits per heavy atom. The van der Waals surface area contributed by atoms with Crippen molar-refractivity contribution in [3.63, 3.8) is 0 Å². The van der Waals surface area contributed by atoms with E-state index in [4.69, 9.17) is 0 Å². The van der Waals surface area contributed by atoms with Crippen LogP contribution in [0.4, 0.5) is 0 Å². The number of rotatable bonds is 4. The zero-order valence-corrected chi connectivity index (χ0v) is 14.3. The van der Waals surface area contributed by atoms with Gasteiger partial charge in [0.1, 0.15) is 5.69 Å². The summed E-state index contributed by atoms with van der Waals surface area (Å²) >= 11 is 0. The Morgan fingerprint density at radius 1 is 1.12 bits per heavy atom. The van der Waals surface area contributed by atoms with Crippen LogP contribution >= 0.6 is 0 Å². The zero-order valence-electron chi connectivity index (χ0n) is 14.3. The van der Waals surface area contributed by atoms with E-state index in [1.165, 1.54) is 19.3 Å². The molecule has 2 fully saturated rings. The molecule has 2 aliphatic rings. The lowest BCUT2D eigenvalue weighted by Gasteiger charge is -2.28. The Labute approximate surface area is 142 Å². The number of nitrogens with one attached hydrogen (secondary N) is 1. The summed E-state index contributed by atoms with van der Waals surface area (Å²) in [4.78, 5) is 23.9. The molecule has 0 spiro atoms. The number of amides is 1. The van der Waals surface area contributed by atoms with Crippen molar-refractivity contribution in [2.24, 2.45) is 5.92 Å². The van der Waals surface area contributed by atoms with Crippen LogP contribution in [0.15, 0.2) is 6.07 Å². The van der Waals surface area contributed by atoms with Crippen molar-refractivity contribution >= 4 is 11.9 Å². The van der Waals surface area contributed by atoms with E-state index in [0.29, 0.717) is 18.2 Å². The maximum absolute atomic E-state index is 12.5. The minimum absolute atomic E-state index is 0.245. The molecule has 6 heteroatoms. The SMILES string of the molecule is Cc1cc(C(=O)N[C@@H]2CCCC[C@@H]2C(=O)O)nn1C1CCCCC1. The van der Waals surface area contributed by atoms with Crippen LogP contribution in [0.2, 0.25) is 0 Å². The highest BCUT2D eigenvalue weighted by atomic mass is 16.4. The van der Waals surface area contributed by atoms with Gasteiger partial charge >= 0.3 is 5.97 Å². The summed E-state index contributed by atoms with van der Waals surface area (Å²) in [6.07, 6.45) is 9.19. The van der Waals surface area contributed by atoms with E-state index in [0.717, 1.165) is 37.8 Å². The molecule has 2 N–H and O–H groups in total. The van der Waals surface area contributed by atoms with Crippen LogP contribution in [0.3, 0.4) is 0 Å². The van der Waals surface area contributed by atoms with Gasteiger partial charge in [-0.15, -0.1) is 0 Å². The fraction of sp³-hybridized carbons (Fsp3) is 0.722. The molecule has 2 saturated carbocycles. The molecule has 1 heterocycles. The Bertz CT molecular complexity index is 605. The van der Waals surface area contributed by atoms with Crippen molar-refractivity contribution in [1.82, 2.24) is 15.1 Å². The zero-order chi connectivity index (χ0) is 17.1. The average molecular weight is 333 g/mol. The molecule has 1 aromatic rings. The molecule has 6 nitrogen and oxygen atoms in total. The van der Waals surface area contributed by atoms with E-state index in [-0.39, 0.29) is 11.9 Å². The normalized spacial score (nSPS) is 25.4. The molecular weight excluding hydrogens is 306 g/mol. The first-order chi connectivity index (χ1) is 11.6. The van der Waals surface area contributed by atoms with E-state index >= 15 is 0 Å². The van der Waals surface area contributed by atoms with Gasteiger partial charge in [-0.3, -0.25) is 14.3 Å². The van der Waals surface area contributed by atoms with Gasteiger partial charge in [0.05, 0.1) is 12.0 Å². The highest BCUT2D eigenvalue weighted by molar-refractivity contribution is 5.93. The molecule has 2 atom stereocenters. The smallest absolute Gasteiger partial charge is 0.308 e. The molecule has 0 bridgehead atoms. The van der Waals surface area contributed by atoms with Gasteiger partial charge in [0, 0.05) is 11.7 Å². The summed E-state index contributed by atoms with van der Waals surface area (Å²) in [5.74, 6) is -1.54. The van der Waals surface area contributed by atoms with Crippen LogP contribution in [-0.4, -0.2) is 32.8 Å². The Morgan fingerprint density at radius 2 is 1.79 bits per heavy atom. The van der Waals surface area contributed by atoms with Gasteiger partial charge in [-0.1, -0.05) is 32.1 Å². The van der Waals surface area contributed by atoms with E-state index in [9.17, 15) is 14.7 Å². The van der Waals surface area contributed by atoms with Crippen molar-refractivity contribution in [3.05, 3.63) is 17.5 Å². The van der Waals surface area contributed by atoms with Gasteiger partial charge in [0.2, 0.25) is 0 Å². The fourth-order valence-corrected chi connectivity index (χ4v) is 4.14. The van der Waals surface area contributed by atoms with Crippen molar-refractivity contribution < 1.29 is 14.7 Å². The summed E-state index contributed by atoms with van der Waals surface area (Å²) in [5.41, 5.74) is 1.42. The van der Waals surface area contributed by atoms with Crippen LogP contribution in [-0.2, 0) is 4.79 Å². The highest BCUT2D eigenvalue weighted by Gasteiger charge is 2.32. The first-order valence-electron chi connectivity index (χ1n) is 9.16. The summed E-state index contributed by atoms with van der Waals surface area (Å²) in [7, 11) is 0. The minimum Gasteiger partial charge on any atom is -0.481 e. The maximum Gasteiger partial charge on any atom is 0.308 e. The quantitative estimate of drug-likeness (QED) is 0.887. The van der Waals surface area contributed by atoms with Crippen molar-refractivity contribution in [2.75, 3.05) is 0 Å². The summed E-state index contributed by atoms with van der Waals surface area (Å²) < 4.78 is 1.99. The van der Waals surface area contributed by atoms with E-state index in [1.54, 1.807) is 0 Å². The topological polar surface area (TPSA) is 84.2 Å². The predicted octanol–water partition coefficient (Wildman–Crippen LogP) is 3.07. The van der Waals surface area contributed by atoms with Crippen molar-refractivity contribution in [1.29, 1.82) is 0 Å². The lowest BCUT2D eigenvalue weighted by atomic mass is 9.84. The van der Waals surface area contributed by atoms with Crippen LogP contribution in [0, 0.1) is 12.8 Å². The van der Waals surface area contributed by atoms with Gasteiger partial charge in [-0.2, -0.15) is 5.10 Å². The Hall–Kier alpha value is -1.85. The minimum atomic E-state index is -0.816. The number of hydrogen-bond acceptors (Lipinski definition) is 3. The highest BCUT2D eigenvalue weighted by Crippen LogP contribution is 2.29. The van der Waals surface area contributed by atoms with Crippen LogP contribution < -0.4 is 5.32 Å². The number of carbonyl (C=O) groups excluding carboxylic acids is 1. The van der Waals surface area contributed by atoms with Crippen LogP contribution in [0.5, 0.6) is 0 Å². The van der Waals surface area contributed by atoms with E-state index in [2.05, 4.69) is 10.4 Å². The molecule has 24 heavy (non-hydrogen) atoms. The molecule has 0 aliphatic heterocycles. The second kappa shape index (κ2) is 7.36. The number of aromatic nitrogens is 2. The molecule has 2 aliphatic carbocycles. The largest absolute Gasteiger partial charge is 0.481 e. The average Bonchev–Trinajstić information content (AvgIpc) is 2.98. The number of carbonyl (C=O) groups is 2. The third-order valence-corrected chi connectivity index (χ3v) is 5.48. The lowest BCUT2D eigenvalue weighted by molar-refractivity contribution is -0.143. The number of aryl methyl sites for hydroxylation is 1. The Kier molecular flexibility index (Phi) is 5.21. The van der Waals surface area contributed by atoms with E-state index < -0.39 is 11.9 Å². The predicted molar refractivity (Wildman–Crippen MR) is 89.9 cm³/mol. The summed E-state index contributed by atoms with van der Waals surface area (Å²) in [6.45, 7) is 1.99. The van der Waals surface area contributed by atoms with Crippen molar-refractivity contribution in [3.8, 4) is 0 Å². The van der Waals surface area contributed by atoms with Gasteiger partial charge in [0.15, 0.2) is 0 Å². The monoisotopic (exact) mass is 333 g/mol. The molecule has 0 saturated heterocycles. The van der Waals surface area contributed by atoms with Crippen LogP contribution in [0.25, 0.3) is 0 Å². The maximum atomic E-state index is 12.5. The van der Waals surface area contributed by atoms with Gasteiger partial charge in [0.25, 0.3) is 5.91 Å². The molecule has 0 radical (unpaired) electrons. The number of carboxylic acid groups (broad SMARTS) is 1. The number of carboxylic acids is 1. The molecule has 0 unspecified atom stereocenters. The van der Waals surface area contributed by atoms with Crippen LogP contribution in [0.1, 0.15) is 80.0 Å². The molecular formula is C18H27N3O3. The lowest BCUT2D eigenvalue weighted by Crippen LogP contribution is -2.45. The first-order valence-corrected chi connectivity index (χ1v) is 9.16. The second-order valence-corrected chi connectivity index (χ2v) is 7.22. The molecule has 0 aromatic carbocycles. The number of hydrogen-bond donors (Lipinski definition) is 2. The van der Waals surface area contributed by atoms with Gasteiger partial charge in [-0.05, 0) is 38.7 Å². The third kappa shape index (κ3) is 3.62. The molecule has 1 amide bonds. The molecule has 1 aromatic heterocycles.